The van der Waals surface area contributed by atoms with E-state index in [0.29, 0.717) is 35.8 Å². The summed E-state index contributed by atoms with van der Waals surface area (Å²) in [5.74, 6) is 0.383. The van der Waals surface area contributed by atoms with Crippen molar-refractivity contribution in [1.82, 2.24) is 9.80 Å². The van der Waals surface area contributed by atoms with Gasteiger partial charge in [-0.25, -0.2) is 0 Å². The van der Waals surface area contributed by atoms with Crippen LogP contribution in [0.25, 0.3) is 20.9 Å². The number of rotatable bonds is 6. The summed E-state index contributed by atoms with van der Waals surface area (Å²) in [4.78, 5) is 21.8. The van der Waals surface area contributed by atoms with Gasteiger partial charge in [0.25, 0.3) is 5.91 Å². The quantitative estimate of drug-likeness (QED) is 0.455. The topological polar surface area (TPSA) is 121 Å². The number of carbonyl (C=O) groups excluding carboxylic acids is 1. The Kier molecular flexibility index (Phi) is 5.43. The first-order chi connectivity index (χ1) is 11.0. The summed E-state index contributed by atoms with van der Waals surface area (Å²) in [5.41, 5.74) is 18.4. The van der Waals surface area contributed by atoms with Gasteiger partial charge in [-0.05, 0) is 48.9 Å². The second kappa shape index (κ2) is 7.51. The first-order valence-electron chi connectivity index (χ1n) is 7.17. The van der Waals surface area contributed by atoms with Crippen LogP contribution in [0.2, 0.25) is 0 Å². The number of amides is 1. The van der Waals surface area contributed by atoms with Crippen LogP contribution in [0.4, 0.5) is 5.69 Å². The lowest BCUT2D eigenvalue weighted by atomic mass is 9.98. The van der Waals surface area contributed by atoms with Crippen LogP contribution < -0.4 is 0 Å². The molecule has 9 nitrogen and oxygen atoms in total. The molecule has 1 fully saturated rings. The molecule has 1 aromatic carbocycles. The Morgan fingerprint density at radius 3 is 2.65 bits per heavy atom. The molecule has 1 saturated heterocycles. The van der Waals surface area contributed by atoms with Crippen molar-refractivity contribution in [1.29, 1.82) is 0 Å². The van der Waals surface area contributed by atoms with Crippen LogP contribution >= 0.6 is 0 Å². The summed E-state index contributed by atoms with van der Waals surface area (Å²) < 4.78 is 0. The van der Waals surface area contributed by atoms with Crippen molar-refractivity contribution in [2.75, 3.05) is 33.7 Å². The fourth-order valence-corrected chi connectivity index (χ4v) is 2.66. The maximum absolute atomic E-state index is 12.5. The van der Waals surface area contributed by atoms with E-state index in [1.165, 1.54) is 0 Å². The van der Waals surface area contributed by atoms with Gasteiger partial charge in [-0.3, -0.25) is 4.79 Å². The van der Waals surface area contributed by atoms with Crippen LogP contribution in [-0.2, 0) is 6.54 Å². The van der Waals surface area contributed by atoms with Gasteiger partial charge in [0.15, 0.2) is 0 Å². The zero-order valence-corrected chi connectivity index (χ0v) is 13.1. The van der Waals surface area contributed by atoms with E-state index >= 15 is 0 Å². The Morgan fingerprint density at radius 1 is 1.30 bits per heavy atom. The minimum absolute atomic E-state index is 0.0998. The minimum atomic E-state index is -0.0998. The molecule has 0 atom stereocenters. The third-order valence-corrected chi connectivity index (χ3v) is 3.57. The summed E-state index contributed by atoms with van der Waals surface area (Å²) in [6.45, 7) is 2.49. The van der Waals surface area contributed by atoms with E-state index in [1.807, 2.05) is 14.1 Å². The molecular weight excluding hydrogens is 296 g/mol. The van der Waals surface area contributed by atoms with E-state index < -0.39 is 0 Å². The Morgan fingerprint density at radius 2 is 2.04 bits per heavy atom. The molecule has 1 heterocycles. The summed E-state index contributed by atoms with van der Waals surface area (Å²) >= 11 is 0. The molecule has 0 saturated carbocycles. The number of hydrogen-bond donors (Lipinski definition) is 0. The molecule has 1 aliphatic rings. The summed E-state index contributed by atoms with van der Waals surface area (Å²) in [6.07, 6.45) is 0. The van der Waals surface area contributed by atoms with Crippen molar-refractivity contribution in [2.24, 2.45) is 16.1 Å². The van der Waals surface area contributed by atoms with Gasteiger partial charge in [0.1, 0.15) is 0 Å². The van der Waals surface area contributed by atoms with Gasteiger partial charge < -0.3 is 9.80 Å². The fourth-order valence-electron chi connectivity index (χ4n) is 2.66. The first kappa shape index (κ1) is 16.6. The molecule has 0 radical (unpaired) electrons. The van der Waals surface area contributed by atoms with E-state index in [9.17, 15) is 4.79 Å². The van der Waals surface area contributed by atoms with Crippen molar-refractivity contribution >= 4 is 11.6 Å². The highest BCUT2D eigenvalue weighted by Crippen LogP contribution is 2.24. The third-order valence-electron chi connectivity index (χ3n) is 3.57. The number of carbonyl (C=O) groups is 1. The van der Waals surface area contributed by atoms with Crippen LogP contribution in [0.15, 0.2) is 28.4 Å². The Hall–Kier alpha value is -2.73. The summed E-state index contributed by atoms with van der Waals surface area (Å²) in [6, 6.07) is 4.84. The molecule has 1 aliphatic heterocycles. The normalized spacial score (nSPS) is 14.0. The number of nitrogens with zero attached hydrogens (tertiary/aromatic N) is 8. The summed E-state index contributed by atoms with van der Waals surface area (Å²) in [5, 5.41) is 7.03. The number of likely N-dealkylation sites (tertiary alicyclic amines) is 1. The SMILES string of the molecule is CN(C)CC1CN(C(=O)c2cc(CN=[N+]=[N-])cc(N=[N+]=[N-])c2)C1. The largest absolute Gasteiger partial charge is 0.338 e. The van der Waals surface area contributed by atoms with Gasteiger partial charge in [0.05, 0.1) is 6.54 Å². The lowest BCUT2D eigenvalue weighted by molar-refractivity contribution is 0.0450. The maximum Gasteiger partial charge on any atom is 0.253 e. The highest BCUT2D eigenvalue weighted by Gasteiger charge is 2.31. The molecule has 0 bridgehead atoms. The molecule has 0 unspecified atom stereocenters. The number of hydrogen-bond acceptors (Lipinski definition) is 4. The molecule has 0 N–H and O–H groups in total. The molecular formula is C14H18N8O. The minimum Gasteiger partial charge on any atom is -0.338 e. The predicted molar refractivity (Wildman–Crippen MR) is 86.0 cm³/mol. The Labute approximate surface area is 133 Å². The van der Waals surface area contributed by atoms with Crippen molar-refractivity contribution in [3.63, 3.8) is 0 Å². The standard InChI is InChI=1S/C14H18N8O/c1-21(2)7-11-8-22(9-11)14(23)12-3-10(6-17-19-15)4-13(5-12)18-20-16/h3-5,11H,6-9H2,1-2H3. The van der Waals surface area contributed by atoms with Crippen molar-refractivity contribution in [3.05, 3.63) is 50.2 Å². The lowest BCUT2D eigenvalue weighted by Crippen LogP contribution is -2.53. The molecule has 120 valence electrons. The molecule has 0 aliphatic carbocycles. The molecule has 1 aromatic rings. The van der Waals surface area contributed by atoms with Gasteiger partial charge in [-0.2, -0.15) is 0 Å². The fraction of sp³-hybridized carbons (Fsp3) is 0.500. The van der Waals surface area contributed by atoms with Crippen molar-refractivity contribution in [2.45, 2.75) is 6.54 Å². The van der Waals surface area contributed by atoms with Gasteiger partial charge in [0.2, 0.25) is 0 Å². The second-order valence-electron chi connectivity index (χ2n) is 5.80. The molecule has 1 amide bonds. The van der Waals surface area contributed by atoms with Crippen LogP contribution in [0.1, 0.15) is 15.9 Å². The van der Waals surface area contributed by atoms with E-state index in [1.54, 1.807) is 23.1 Å². The highest BCUT2D eigenvalue weighted by atomic mass is 16.2. The molecule has 0 spiro atoms. The highest BCUT2D eigenvalue weighted by molar-refractivity contribution is 5.95. The predicted octanol–water partition coefficient (Wildman–Crippen LogP) is 3.07. The zero-order valence-electron chi connectivity index (χ0n) is 13.1. The maximum atomic E-state index is 12.5. The summed E-state index contributed by atoms with van der Waals surface area (Å²) in [7, 11) is 4.02. The van der Waals surface area contributed by atoms with Crippen LogP contribution in [-0.4, -0.2) is 49.4 Å². The van der Waals surface area contributed by atoms with E-state index in [4.69, 9.17) is 11.1 Å². The Balaban J connectivity index is 2.14. The smallest absolute Gasteiger partial charge is 0.253 e. The third kappa shape index (κ3) is 4.37. The van der Waals surface area contributed by atoms with E-state index in [2.05, 4.69) is 25.0 Å². The number of benzene rings is 1. The van der Waals surface area contributed by atoms with Gasteiger partial charge in [-0.15, -0.1) is 0 Å². The van der Waals surface area contributed by atoms with Crippen LogP contribution in [0.3, 0.4) is 0 Å². The number of azide groups is 2. The van der Waals surface area contributed by atoms with Gasteiger partial charge in [0, 0.05) is 46.6 Å². The van der Waals surface area contributed by atoms with E-state index in [-0.39, 0.29) is 12.5 Å². The van der Waals surface area contributed by atoms with Crippen LogP contribution in [0, 0.1) is 5.92 Å². The first-order valence-corrected chi connectivity index (χ1v) is 7.17. The molecule has 0 aromatic heterocycles. The van der Waals surface area contributed by atoms with Gasteiger partial charge >= 0.3 is 0 Å². The average Bonchev–Trinajstić information content (AvgIpc) is 2.47. The second-order valence-corrected chi connectivity index (χ2v) is 5.80. The monoisotopic (exact) mass is 314 g/mol. The molecule has 2 rings (SSSR count). The average molecular weight is 314 g/mol. The Bertz CT molecular complexity index is 682. The zero-order chi connectivity index (χ0) is 16.8. The molecule has 23 heavy (non-hydrogen) atoms. The van der Waals surface area contributed by atoms with Gasteiger partial charge in [-0.1, -0.05) is 10.2 Å². The molecule has 9 heteroatoms. The van der Waals surface area contributed by atoms with E-state index in [0.717, 1.165) is 6.54 Å². The van der Waals surface area contributed by atoms with Crippen LogP contribution in [0.5, 0.6) is 0 Å². The lowest BCUT2D eigenvalue weighted by Gasteiger charge is -2.40. The van der Waals surface area contributed by atoms with Crippen molar-refractivity contribution < 1.29 is 4.79 Å². The van der Waals surface area contributed by atoms with Crippen molar-refractivity contribution in [3.8, 4) is 0 Å².